The van der Waals surface area contributed by atoms with Crippen LogP contribution in [0.4, 0.5) is 4.39 Å². The van der Waals surface area contributed by atoms with Crippen LogP contribution in [0.25, 0.3) is 10.6 Å². The molecule has 0 saturated heterocycles. The van der Waals surface area contributed by atoms with Crippen molar-refractivity contribution < 1.29 is 4.39 Å². The Bertz CT molecular complexity index is 781. The number of benzene rings is 1. The zero-order valence-corrected chi connectivity index (χ0v) is 15.6. The second kappa shape index (κ2) is 6.26. The molecule has 2 bridgehead atoms. The van der Waals surface area contributed by atoms with Crippen LogP contribution >= 0.6 is 23.1 Å². The first-order valence-corrected chi connectivity index (χ1v) is 10.3. The van der Waals surface area contributed by atoms with Gasteiger partial charge < -0.3 is 0 Å². The Labute approximate surface area is 150 Å². The minimum Gasteiger partial charge on any atom is -0.206 e. The number of hydrogen-bond donors (Lipinski definition) is 0. The van der Waals surface area contributed by atoms with E-state index >= 15 is 0 Å². The Morgan fingerprint density at radius 2 is 2.12 bits per heavy atom. The second-order valence-corrected chi connectivity index (χ2v) is 9.59. The SMILES string of the molecule is CC1(C)C2CC=C(CCSc3nnc(-c4ccccc4F)s3)C1C2. The standard InChI is InChI=1S/C19H21FN2S2/c1-19(2)13-8-7-12(15(19)11-13)9-10-23-18-22-21-17(24-18)14-5-3-4-6-16(14)20/h3-7,13,15H,8-11H2,1-2H3. The molecule has 126 valence electrons. The highest BCUT2D eigenvalue weighted by Crippen LogP contribution is 2.59. The number of halogens is 1. The zero-order chi connectivity index (χ0) is 16.7. The third kappa shape index (κ3) is 2.82. The summed E-state index contributed by atoms with van der Waals surface area (Å²) >= 11 is 3.22. The highest BCUT2D eigenvalue weighted by Gasteiger charge is 2.50. The predicted octanol–water partition coefficient (Wildman–Crippen LogP) is 5.82. The van der Waals surface area contributed by atoms with Gasteiger partial charge in [-0.25, -0.2) is 4.39 Å². The van der Waals surface area contributed by atoms with Crippen LogP contribution in [0.15, 0.2) is 40.3 Å². The molecule has 1 heterocycles. The van der Waals surface area contributed by atoms with E-state index in [1.165, 1.54) is 30.2 Å². The van der Waals surface area contributed by atoms with Crippen LogP contribution in [0.1, 0.15) is 33.1 Å². The van der Waals surface area contributed by atoms with Gasteiger partial charge in [0.25, 0.3) is 0 Å². The van der Waals surface area contributed by atoms with Crippen molar-refractivity contribution in [2.75, 3.05) is 5.75 Å². The highest BCUT2D eigenvalue weighted by molar-refractivity contribution is 8.01. The lowest BCUT2D eigenvalue weighted by Crippen LogP contribution is -2.48. The molecule has 0 N–H and O–H groups in total. The molecule has 1 saturated carbocycles. The molecule has 0 spiro atoms. The largest absolute Gasteiger partial charge is 0.206 e. The fraction of sp³-hybridized carbons (Fsp3) is 0.474. The zero-order valence-electron chi connectivity index (χ0n) is 14.0. The monoisotopic (exact) mass is 360 g/mol. The molecule has 5 rings (SSSR count). The van der Waals surface area contributed by atoms with Crippen LogP contribution in [0, 0.1) is 23.1 Å². The van der Waals surface area contributed by atoms with E-state index in [-0.39, 0.29) is 5.82 Å². The van der Waals surface area contributed by atoms with E-state index < -0.39 is 0 Å². The third-order valence-corrected chi connectivity index (χ3v) is 7.80. The molecule has 1 aromatic carbocycles. The molecule has 0 radical (unpaired) electrons. The number of hydrogen-bond acceptors (Lipinski definition) is 4. The molecule has 24 heavy (non-hydrogen) atoms. The molecule has 2 unspecified atom stereocenters. The number of fused-ring (bicyclic) bond motifs is 1. The van der Waals surface area contributed by atoms with E-state index in [0.717, 1.165) is 28.3 Å². The van der Waals surface area contributed by atoms with Gasteiger partial charge in [-0.2, -0.15) is 0 Å². The number of thioether (sulfide) groups is 1. The molecule has 2 aromatic rings. The Morgan fingerprint density at radius 1 is 1.29 bits per heavy atom. The number of rotatable bonds is 5. The Balaban J connectivity index is 1.36. The Hall–Kier alpha value is -1.20. The summed E-state index contributed by atoms with van der Waals surface area (Å²) in [4.78, 5) is 0. The lowest BCUT2D eigenvalue weighted by atomic mass is 9.48. The van der Waals surface area contributed by atoms with Crippen molar-refractivity contribution in [1.29, 1.82) is 0 Å². The smallest absolute Gasteiger partial charge is 0.174 e. The lowest BCUT2D eigenvalue weighted by molar-refractivity contribution is -0.00767. The summed E-state index contributed by atoms with van der Waals surface area (Å²) in [6.45, 7) is 4.83. The maximum Gasteiger partial charge on any atom is 0.174 e. The van der Waals surface area contributed by atoms with Gasteiger partial charge >= 0.3 is 0 Å². The average molecular weight is 361 g/mol. The predicted molar refractivity (Wildman–Crippen MR) is 98.7 cm³/mol. The summed E-state index contributed by atoms with van der Waals surface area (Å²) < 4.78 is 14.8. The quantitative estimate of drug-likeness (QED) is 0.496. The van der Waals surface area contributed by atoms with Gasteiger partial charge in [0.05, 0.1) is 0 Å². The van der Waals surface area contributed by atoms with Crippen molar-refractivity contribution >= 4 is 23.1 Å². The summed E-state index contributed by atoms with van der Waals surface area (Å²) in [5.41, 5.74) is 2.67. The van der Waals surface area contributed by atoms with E-state index in [0.29, 0.717) is 16.0 Å². The topological polar surface area (TPSA) is 25.8 Å². The summed E-state index contributed by atoms with van der Waals surface area (Å²) in [7, 11) is 0. The molecule has 0 amide bonds. The van der Waals surface area contributed by atoms with E-state index in [1.807, 2.05) is 6.07 Å². The van der Waals surface area contributed by atoms with Gasteiger partial charge in [0, 0.05) is 11.3 Å². The van der Waals surface area contributed by atoms with Gasteiger partial charge in [0.1, 0.15) is 5.82 Å². The van der Waals surface area contributed by atoms with E-state index in [4.69, 9.17) is 0 Å². The maximum absolute atomic E-state index is 13.8. The Kier molecular flexibility index (Phi) is 4.25. The molecule has 2 nitrogen and oxygen atoms in total. The van der Waals surface area contributed by atoms with Gasteiger partial charge in [0.2, 0.25) is 0 Å². The van der Waals surface area contributed by atoms with Gasteiger partial charge in [-0.1, -0.05) is 60.7 Å². The van der Waals surface area contributed by atoms with E-state index in [9.17, 15) is 4.39 Å². The minimum absolute atomic E-state index is 0.237. The van der Waals surface area contributed by atoms with Crippen molar-refractivity contribution in [3.05, 3.63) is 41.7 Å². The van der Waals surface area contributed by atoms with Crippen molar-refractivity contribution in [2.24, 2.45) is 17.3 Å². The minimum atomic E-state index is -0.237. The van der Waals surface area contributed by atoms with Crippen LogP contribution in [-0.4, -0.2) is 16.0 Å². The van der Waals surface area contributed by atoms with Crippen LogP contribution < -0.4 is 0 Å². The first-order valence-electron chi connectivity index (χ1n) is 8.46. The van der Waals surface area contributed by atoms with Gasteiger partial charge in [-0.3, -0.25) is 0 Å². The van der Waals surface area contributed by atoms with Gasteiger partial charge in [-0.05, 0) is 48.6 Å². The van der Waals surface area contributed by atoms with E-state index in [1.54, 1.807) is 29.5 Å². The molecule has 3 aliphatic carbocycles. The van der Waals surface area contributed by atoms with Crippen LogP contribution in [-0.2, 0) is 0 Å². The normalized spacial score (nSPS) is 24.4. The van der Waals surface area contributed by atoms with Gasteiger partial charge in [-0.15, -0.1) is 10.2 Å². The molecule has 1 fully saturated rings. The first kappa shape index (κ1) is 16.3. The van der Waals surface area contributed by atoms with Crippen molar-refractivity contribution in [3.63, 3.8) is 0 Å². The second-order valence-electron chi connectivity index (χ2n) is 7.27. The molecule has 1 aromatic heterocycles. The van der Waals surface area contributed by atoms with Crippen molar-refractivity contribution in [2.45, 2.75) is 37.4 Å². The molecule has 5 heteroatoms. The number of aromatic nitrogens is 2. The summed E-state index contributed by atoms with van der Waals surface area (Å²) in [5, 5.41) is 9.03. The fourth-order valence-electron chi connectivity index (χ4n) is 4.03. The lowest BCUT2D eigenvalue weighted by Gasteiger charge is -2.56. The molecular weight excluding hydrogens is 339 g/mol. The van der Waals surface area contributed by atoms with E-state index in [2.05, 4.69) is 30.1 Å². The summed E-state index contributed by atoms with van der Waals surface area (Å²) in [5.74, 6) is 2.46. The van der Waals surface area contributed by atoms with Crippen LogP contribution in [0.2, 0.25) is 0 Å². The summed E-state index contributed by atoms with van der Waals surface area (Å²) in [6.07, 6.45) is 6.22. The summed E-state index contributed by atoms with van der Waals surface area (Å²) in [6, 6.07) is 6.74. The van der Waals surface area contributed by atoms with Crippen molar-refractivity contribution in [1.82, 2.24) is 10.2 Å². The number of allylic oxidation sites excluding steroid dienone is 2. The highest BCUT2D eigenvalue weighted by atomic mass is 32.2. The van der Waals surface area contributed by atoms with Gasteiger partial charge in [0.15, 0.2) is 9.35 Å². The molecule has 2 atom stereocenters. The molecular formula is C19H21FN2S2. The molecule has 3 aliphatic rings. The van der Waals surface area contributed by atoms with Crippen LogP contribution in [0.5, 0.6) is 0 Å². The number of nitrogens with zero attached hydrogens (tertiary/aromatic N) is 2. The first-order chi connectivity index (χ1) is 11.6. The Morgan fingerprint density at radius 3 is 2.88 bits per heavy atom. The van der Waals surface area contributed by atoms with Crippen LogP contribution in [0.3, 0.4) is 0 Å². The molecule has 0 aliphatic heterocycles. The average Bonchev–Trinajstić information content (AvgIpc) is 3.04. The van der Waals surface area contributed by atoms with Crippen molar-refractivity contribution in [3.8, 4) is 10.6 Å². The fourth-order valence-corrected chi connectivity index (χ4v) is 5.96. The third-order valence-electron chi connectivity index (χ3n) is 5.71. The maximum atomic E-state index is 13.8.